The Labute approximate surface area is 158 Å². The highest BCUT2D eigenvalue weighted by molar-refractivity contribution is 7.98. The first-order valence-electron chi connectivity index (χ1n) is 9.03. The third-order valence-electron chi connectivity index (χ3n) is 5.32. The molecule has 0 bridgehead atoms. The molecule has 0 aromatic heterocycles. The van der Waals surface area contributed by atoms with Crippen molar-refractivity contribution in [3.05, 3.63) is 28.5 Å². The Hall–Kier alpha value is -0.940. The Kier molecular flexibility index (Phi) is 6.16. The molecule has 2 atom stereocenters. The van der Waals surface area contributed by atoms with Crippen LogP contribution < -0.4 is 9.46 Å². The minimum atomic E-state index is -0.599. The molecule has 3 nitrogen and oxygen atoms in total. The highest BCUT2D eigenvalue weighted by Crippen LogP contribution is 2.36. The fraction of sp³-hybridized carbons (Fsp3) is 0.632. The van der Waals surface area contributed by atoms with E-state index in [0.717, 1.165) is 12.8 Å². The van der Waals surface area contributed by atoms with E-state index in [4.69, 9.17) is 16.3 Å². The molecule has 2 unspecified atom stereocenters. The van der Waals surface area contributed by atoms with Crippen molar-refractivity contribution in [2.24, 2.45) is 17.8 Å². The topological polar surface area (TPSA) is 38.3 Å². The lowest BCUT2D eigenvalue weighted by atomic mass is 9.74. The SMILES string of the molecule is CC1CCCC(C)C1COc1cc(F)c(C(=O)NSC2CC2)cc1Cl. The fourth-order valence-electron chi connectivity index (χ4n) is 3.46. The Morgan fingerprint density at radius 3 is 2.60 bits per heavy atom. The van der Waals surface area contributed by atoms with Crippen molar-refractivity contribution in [2.45, 2.75) is 51.2 Å². The second-order valence-electron chi connectivity index (χ2n) is 7.37. The first kappa shape index (κ1) is 18.8. The maximum absolute atomic E-state index is 14.3. The van der Waals surface area contributed by atoms with E-state index in [0.29, 0.717) is 35.4 Å². The van der Waals surface area contributed by atoms with E-state index in [1.807, 2.05) is 0 Å². The van der Waals surface area contributed by atoms with Crippen LogP contribution in [-0.2, 0) is 0 Å². The Morgan fingerprint density at radius 1 is 1.28 bits per heavy atom. The summed E-state index contributed by atoms with van der Waals surface area (Å²) in [6.45, 7) is 5.03. The van der Waals surface area contributed by atoms with Gasteiger partial charge in [0.15, 0.2) is 0 Å². The number of amides is 1. The minimum Gasteiger partial charge on any atom is -0.492 e. The summed E-state index contributed by atoms with van der Waals surface area (Å²) in [4.78, 5) is 12.1. The van der Waals surface area contributed by atoms with Gasteiger partial charge in [-0.2, -0.15) is 0 Å². The van der Waals surface area contributed by atoms with Gasteiger partial charge in [-0.1, -0.05) is 44.7 Å². The highest BCUT2D eigenvalue weighted by Gasteiger charge is 2.29. The molecule has 2 saturated carbocycles. The second kappa shape index (κ2) is 8.17. The van der Waals surface area contributed by atoms with E-state index in [1.165, 1.54) is 43.3 Å². The van der Waals surface area contributed by atoms with Gasteiger partial charge >= 0.3 is 0 Å². The number of carbonyl (C=O) groups excluding carboxylic acids is 1. The molecular formula is C19H25ClFNO2S. The van der Waals surface area contributed by atoms with E-state index >= 15 is 0 Å². The van der Waals surface area contributed by atoms with Gasteiger partial charge in [-0.25, -0.2) is 4.39 Å². The largest absolute Gasteiger partial charge is 0.492 e. The summed E-state index contributed by atoms with van der Waals surface area (Å²) in [5, 5.41) is 0.739. The zero-order valence-corrected chi connectivity index (χ0v) is 16.3. The third-order valence-corrected chi connectivity index (χ3v) is 6.72. The molecule has 0 aliphatic heterocycles. The van der Waals surface area contributed by atoms with E-state index in [-0.39, 0.29) is 10.6 Å². The standard InChI is InChI=1S/C19H25ClFNO2S/c1-11-4-3-5-12(2)15(11)10-24-18-9-17(21)14(8-16(18)20)19(23)22-25-13-6-7-13/h8-9,11-13,15H,3-7,10H2,1-2H3,(H,22,23). The van der Waals surface area contributed by atoms with E-state index in [2.05, 4.69) is 18.6 Å². The monoisotopic (exact) mass is 385 g/mol. The van der Waals surface area contributed by atoms with Crippen molar-refractivity contribution in [3.8, 4) is 5.75 Å². The lowest BCUT2D eigenvalue weighted by Crippen LogP contribution is -2.30. The van der Waals surface area contributed by atoms with Crippen molar-refractivity contribution in [1.29, 1.82) is 0 Å². The lowest BCUT2D eigenvalue weighted by Gasteiger charge is -2.34. The molecule has 1 aromatic rings. The summed E-state index contributed by atoms with van der Waals surface area (Å²) in [6, 6.07) is 2.60. The highest BCUT2D eigenvalue weighted by atomic mass is 35.5. The van der Waals surface area contributed by atoms with Gasteiger partial charge in [-0.15, -0.1) is 0 Å². The van der Waals surface area contributed by atoms with Crippen LogP contribution in [0.4, 0.5) is 4.39 Å². The normalized spacial score (nSPS) is 26.3. The van der Waals surface area contributed by atoms with Gasteiger partial charge in [0.2, 0.25) is 0 Å². The molecule has 1 N–H and O–H groups in total. The van der Waals surface area contributed by atoms with Gasteiger partial charge in [0.25, 0.3) is 5.91 Å². The molecule has 2 aliphatic carbocycles. The van der Waals surface area contributed by atoms with Crippen molar-refractivity contribution < 1.29 is 13.9 Å². The summed E-state index contributed by atoms with van der Waals surface area (Å²) in [6.07, 6.45) is 5.87. The first-order valence-corrected chi connectivity index (χ1v) is 10.3. The molecule has 2 fully saturated rings. The number of benzene rings is 1. The summed E-state index contributed by atoms with van der Waals surface area (Å²) in [7, 11) is 0. The number of hydrogen-bond acceptors (Lipinski definition) is 3. The average molecular weight is 386 g/mol. The Bertz CT molecular complexity index is 628. The summed E-state index contributed by atoms with van der Waals surface area (Å²) >= 11 is 7.59. The molecule has 1 amide bonds. The van der Waals surface area contributed by atoms with Crippen molar-refractivity contribution in [2.75, 3.05) is 6.61 Å². The molecule has 0 radical (unpaired) electrons. The van der Waals surface area contributed by atoms with Crippen LogP contribution in [0.3, 0.4) is 0 Å². The predicted molar refractivity (Wildman–Crippen MR) is 101 cm³/mol. The number of halogens is 2. The van der Waals surface area contributed by atoms with Gasteiger partial charge < -0.3 is 4.74 Å². The van der Waals surface area contributed by atoms with Crippen molar-refractivity contribution in [1.82, 2.24) is 4.72 Å². The predicted octanol–water partition coefficient (Wildman–Crippen LogP) is 5.47. The lowest BCUT2D eigenvalue weighted by molar-refractivity contribution is 0.0980. The van der Waals surface area contributed by atoms with Crippen LogP contribution in [0.1, 0.15) is 56.3 Å². The smallest absolute Gasteiger partial charge is 0.264 e. The minimum absolute atomic E-state index is 0.0371. The molecule has 6 heteroatoms. The summed E-state index contributed by atoms with van der Waals surface area (Å²) in [5.74, 6) is 0.908. The Balaban J connectivity index is 1.63. The Morgan fingerprint density at radius 2 is 1.96 bits per heavy atom. The van der Waals surface area contributed by atoms with Crippen LogP contribution in [0.2, 0.25) is 5.02 Å². The molecule has 0 heterocycles. The number of hydrogen-bond donors (Lipinski definition) is 1. The second-order valence-corrected chi connectivity index (χ2v) is 8.88. The van der Waals surface area contributed by atoms with Crippen LogP contribution in [0.25, 0.3) is 0 Å². The third kappa shape index (κ3) is 4.82. The molecule has 1 aromatic carbocycles. The van der Waals surface area contributed by atoms with E-state index in [1.54, 1.807) is 0 Å². The quantitative estimate of drug-likeness (QED) is 0.660. The number of rotatable bonds is 6. The molecule has 2 aliphatic rings. The molecule has 0 saturated heterocycles. The van der Waals surface area contributed by atoms with Gasteiger partial charge in [0.05, 0.1) is 17.2 Å². The van der Waals surface area contributed by atoms with Gasteiger partial charge in [0, 0.05) is 11.3 Å². The van der Waals surface area contributed by atoms with Crippen LogP contribution in [0.5, 0.6) is 5.75 Å². The van der Waals surface area contributed by atoms with Crippen molar-refractivity contribution in [3.63, 3.8) is 0 Å². The summed E-state index contributed by atoms with van der Waals surface area (Å²) in [5.41, 5.74) is -0.0371. The van der Waals surface area contributed by atoms with Crippen LogP contribution >= 0.6 is 23.5 Å². The van der Waals surface area contributed by atoms with Crippen LogP contribution in [0.15, 0.2) is 12.1 Å². The average Bonchev–Trinajstić information content (AvgIpc) is 3.39. The van der Waals surface area contributed by atoms with Crippen LogP contribution in [0, 0.1) is 23.6 Å². The number of ether oxygens (including phenoxy) is 1. The maximum Gasteiger partial charge on any atom is 0.264 e. The van der Waals surface area contributed by atoms with E-state index in [9.17, 15) is 9.18 Å². The maximum atomic E-state index is 14.3. The zero-order chi connectivity index (χ0) is 18.0. The molecule has 25 heavy (non-hydrogen) atoms. The van der Waals surface area contributed by atoms with Crippen LogP contribution in [-0.4, -0.2) is 17.8 Å². The number of nitrogens with one attached hydrogen (secondary N) is 1. The van der Waals surface area contributed by atoms with Gasteiger partial charge in [-0.05, 0) is 48.6 Å². The zero-order valence-electron chi connectivity index (χ0n) is 14.7. The molecular weight excluding hydrogens is 361 g/mol. The summed E-state index contributed by atoms with van der Waals surface area (Å²) < 4.78 is 22.8. The fourth-order valence-corrected chi connectivity index (χ4v) is 4.43. The molecule has 3 rings (SSSR count). The number of carbonyl (C=O) groups is 1. The molecule has 138 valence electrons. The van der Waals surface area contributed by atoms with Crippen molar-refractivity contribution >= 4 is 29.5 Å². The molecule has 0 spiro atoms. The van der Waals surface area contributed by atoms with Gasteiger partial charge in [-0.3, -0.25) is 9.52 Å². The first-order chi connectivity index (χ1) is 12.0. The van der Waals surface area contributed by atoms with E-state index < -0.39 is 11.7 Å². The van der Waals surface area contributed by atoms with Gasteiger partial charge in [0.1, 0.15) is 11.6 Å².